The summed E-state index contributed by atoms with van der Waals surface area (Å²) >= 11 is 0. The summed E-state index contributed by atoms with van der Waals surface area (Å²) in [6.07, 6.45) is 3.66. The molecule has 2 N–H and O–H groups in total. The largest absolute Gasteiger partial charge is 0.487 e. The topological polar surface area (TPSA) is 53.1 Å². The van der Waals surface area contributed by atoms with E-state index in [1.807, 2.05) is 17.8 Å². The number of rotatable bonds is 4. The SMILES string of the molecule is CCn1cc(COc2ccc(F)cc2C#CCN)cn1. The van der Waals surface area contributed by atoms with Crippen molar-refractivity contribution in [1.29, 1.82) is 0 Å². The van der Waals surface area contributed by atoms with Gasteiger partial charge in [0.25, 0.3) is 0 Å². The van der Waals surface area contributed by atoms with Crippen molar-refractivity contribution in [3.05, 3.63) is 47.5 Å². The van der Waals surface area contributed by atoms with Gasteiger partial charge in [0.1, 0.15) is 18.2 Å². The van der Waals surface area contributed by atoms with E-state index >= 15 is 0 Å². The molecule has 1 aromatic carbocycles. The van der Waals surface area contributed by atoms with Gasteiger partial charge in [0.15, 0.2) is 0 Å². The molecule has 0 unspecified atom stereocenters. The van der Waals surface area contributed by atoms with Crippen molar-refractivity contribution < 1.29 is 9.13 Å². The molecule has 104 valence electrons. The lowest BCUT2D eigenvalue weighted by atomic mass is 10.2. The standard InChI is InChI=1S/C15H16FN3O/c1-2-19-10-12(9-18-19)11-20-15-6-5-14(16)8-13(15)4-3-7-17/h5-6,8-10H,2,7,11,17H2,1H3. The molecular formula is C15H16FN3O. The third-order valence-corrected chi connectivity index (χ3v) is 2.67. The van der Waals surface area contributed by atoms with E-state index in [1.54, 1.807) is 12.3 Å². The van der Waals surface area contributed by atoms with Crippen molar-refractivity contribution >= 4 is 0 Å². The Morgan fingerprint density at radius 1 is 1.45 bits per heavy atom. The van der Waals surface area contributed by atoms with Gasteiger partial charge in [0, 0.05) is 18.3 Å². The van der Waals surface area contributed by atoms with Crippen LogP contribution < -0.4 is 10.5 Å². The molecule has 0 bridgehead atoms. The number of benzene rings is 1. The van der Waals surface area contributed by atoms with Crippen molar-refractivity contribution in [2.75, 3.05) is 6.54 Å². The van der Waals surface area contributed by atoms with Crippen LogP contribution in [0.2, 0.25) is 0 Å². The molecule has 0 fully saturated rings. The first kappa shape index (κ1) is 14.1. The third kappa shape index (κ3) is 3.59. The molecule has 4 nitrogen and oxygen atoms in total. The predicted octanol–water partition coefficient (Wildman–Crippen LogP) is 1.93. The molecule has 20 heavy (non-hydrogen) atoms. The van der Waals surface area contributed by atoms with Gasteiger partial charge in [0.05, 0.1) is 18.3 Å². The van der Waals surface area contributed by atoms with E-state index in [0.717, 1.165) is 12.1 Å². The second-order valence-electron chi connectivity index (χ2n) is 4.14. The molecule has 1 heterocycles. The van der Waals surface area contributed by atoms with E-state index in [9.17, 15) is 4.39 Å². The lowest BCUT2D eigenvalue weighted by Crippen LogP contribution is -1.98. The average Bonchev–Trinajstić information content (AvgIpc) is 2.92. The Morgan fingerprint density at radius 3 is 3.00 bits per heavy atom. The summed E-state index contributed by atoms with van der Waals surface area (Å²) in [5.41, 5.74) is 6.78. The normalized spacial score (nSPS) is 9.95. The summed E-state index contributed by atoms with van der Waals surface area (Å²) in [6, 6.07) is 4.26. The predicted molar refractivity (Wildman–Crippen MR) is 74.6 cm³/mol. The third-order valence-electron chi connectivity index (χ3n) is 2.67. The summed E-state index contributed by atoms with van der Waals surface area (Å²) in [6.45, 7) is 3.41. The second-order valence-corrected chi connectivity index (χ2v) is 4.14. The monoisotopic (exact) mass is 273 g/mol. The Kier molecular flexibility index (Phi) is 4.75. The van der Waals surface area contributed by atoms with E-state index in [4.69, 9.17) is 10.5 Å². The Labute approximate surface area is 117 Å². The highest BCUT2D eigenvalue weighted by molar-refractivity contribution is 5.46. The number of hydrogen-bond donors (Lipinski definition) is 1. The van der Waals surface area contributed by atoms with Crippen LogP contribution in [-0.2, 0) is 13.2 Å². The van der Waals surface area contributed by atoms with Gasteiger partial charge in [-0.25, -0.2) is 4.39 Å². The van der Waals surface area contributed by atoms with E-state index in [1.165, 1.54) is 12.1 Å². The van der Waals surface area contributed by atoms with Gasteiger partial charge >= 0.3 is 0 Å². The Bertz CT molecular complexity index is 640. The number of ether oxygens (including phenoxy) is 1. The number of aryl methyl sites for hydroxylation is 1. The van der Waals surface area contributed by atoms with Crippen LogP contribution in [0.4, 0.5) is 4.39 Å². The molecule has 0 aliphatic rings. The zero-order valence-corrected chi connectivity index (χ0v) is 11.3. The van der Waals surface area contributed by atoms with Crippen molar-refractivity contribution in [1.82, 2.24) is 9.78 Å². The lowest BCUT2D eigenvalue weighted by molar-refractivity contribution is 0.304. The molecule has 0 aliphatic carbocycles. The number of nitrogens with two attached hydrogens (primary N) is 1. The van der Waals surface area contributed by atoms with Crippen molar-refractivity contribution in [3.8, 4) is 17.6 Å². The first-order chi connectivity index (χ1) is 9.72. The van der Waals surface area contributed by atoms with Crippen molar-refractivity contribution in [2.24, 2.45) is 5.73 Å². The summed E-state index contributed by atoms with van der Waals surface area (Å²) in [7, 11) is 0. The number of nitrogens with zero attached hydrogens (tertiary/aromatic N) is 2. The fourth-order valence-electron chi connectivity index (χ4n) is 1.69. The number of hydrogen-bond acceptors (Lipinski definition) is 3. The van der Waals surface area contributed by atoms with Gasteiger partial charge < -0.3 is 10.5 Å². The van der Waals surface area contributed by atoms with Crippen LogP contribution >= 0.6 is 0 Å². The van der Waals surface area contributed by atoms with Gasteiger partial charge in [-0.15, -0.1) is 0 Å². The van der Waals surface area contributed by atoms with E-state index in [0.29, 0.717) is 17.9 Å². The second kappa shape index (κ2) is 6.73. The lowest BCUT2D eigenvalue weighted by Gasteiger charge is -2.07. The van der Waals surface area contributed by atoms with Crippen LogP contribution in [0.1, 0.15) is 18.1 Å². The summed E-state index contributed by atoms with van der Waals surface area (Å²) in [5, 5.41) is 4.17. The summed E-state index contributed by atoms with van der Waals surface area (Å²) in [5.74, 6) is 5.69. The summed E-state index contributed by atoms with van der Waals surface area (Å²) < 4.78 is 20.7. The maximum absolute atomic E-state index is 13.2. The Balaban J connectivity index is 2.12. The maximum Gasteiger partial charge on any atom is 0.135 e. The molecule has 0 amide bonds. The van der Waals surface area contributed by atoms with E-state index in [-0.39, 0.29) is 12.4 Å². The Hall–Kier alpha value is -2.32. The molecule has 2 rings (SSSR count). The molecule has 5 heteroatoms. The minimum absolute atomic E-state index is 0.221. The molecule has 0 spiro atoms. The van der Waals surface area contributed by atoms with Crippen LogP contribution in [0.3, 0.4) is 0 Å². The van der Waals surface area contributed by atoms with E-state index in [2.05, 4.69) is 16.9 Å². The highest BCUT2D eigenvalue weighted by Gasteiger charge is 2.05. The average molecular weight is 273 g/mol. The van der Waals surface area contributed by atoms with Crippen molar-refractivity contribution in [3.63, 3.8) is 0 Å². The first-order valence-electron chi connectivity index (χ1n) is 6.35. The van der Waals surface area contributed by atoms with Gasteiger partial charge in [-0.05, 0) is 25.1 Å². The van der Waals surface area contributed by atoms with Crippen LogP contribution in [0.5, 0.6) is 5.75 Å². The van der Waals surface area contributed by atoms with Gasteiger partial charge in [-0.1, -0.05) is 11.8 Å². The molecular weight excluding hydrogens is 257 g/mol. The fraction of sp³-hybridized carbons (Fsp3) is 0.267. The highest BCUT2D eigenvalue weighted by Crippen LogP contribution is 2.20. The quantitative estimate of drug-likeness (QED) is 0.866. The molecule has 0 radical (unpaired) electrons. The summed E-state index contributed by atoms with van der Waals surface area (Å²) in [4.78, 5) is 0. The highest BCUT2D eigenvalue weighted by atomic mass is 19.1. The van der Waals surface area contributed by atoms with Crippen molar-refractivity contribution in [2.45, 2.75) is 20.1 Å². The van der Waals surface area contributed by atoms with Gasteiger partial charge in [-0.2, -0.15) is 5.10 Å². The molecule has 2 aromatic rings. The van der Waals surface area contributed by atoms with Crippen LogP contribution in [-0.4, -0.2) is 16.3 Å². The first-order valence-corrected chi connectivity index (χ1v) is 6.35. The van der Waals surface area contributed by atoms with Crippen LogP contribution in [0.25, 0.3) is 0 Å². The zero-order chi connectivity index (χ0) is 14.4. The number of halogens is 1. The minimum atomic E-state index is -0.350. The van der Waals surface area contributed by atoms with Crippen LogP contribution in [0.15, 0.2) is 30.6 Å². The molecule has 0 aliphatic heterocycles. The number of aromatic nitrogens is 2. The fourth-order valence-corrected chi connectivity index (χ4v) is 1.69. The van der Waals surface area contributed by atoms with Gasteiger partial charge in [-0.3, -0.25) is 4.68 Å². The van der Waals surface area contributed by atoms with E-state index < -0.39 is 0 Å². The van der Waals surface area contributed by atoms with Crippen LogP contribution in [0, 0.1) is 17.7 Å². The minimum Gasteiger partial charge on any atom is -0.487 e. The Morgan fingerprint density at radius 2 is 2.30 bits per heavy atom. The molecule has 0 saturated carbocycles. The zero-order valence-electron chi connectivity index (χ0n) is 11.3. The molecule has 0 saturated heterocycles. The molecule has 0 atom stereocenters. The smallest absolute Gasteiger partial charge is 0.135 e. The molecule has 1 aromatic heterocycles. The maximum atomic E-state index is 13.2. The van der Waals surface area contributed by atoms with Gasteiger partial charge in [0.2, 0.25) is 0 Å².